The van der Waals surface area contributed by atoms with Gasteiger partial charge >= 0.3 is 0 Å². The molecule has 0 aliphatic carbocycles. The highest BCUT2D eigenvalue weighted by Crippen LogP contribution is 2.33. The molecule has 0 amide bonds. The molecule has 20 heavy (non-hydrogen) atoms. The van der Waals surface area contributed by atoms with Crippen LogP contribution in [0.3, 0.4) is 0 Å². The van der Waals surface area contributed by atoms with E-state index >= 15 is 0 Å². The molecule has 0 aliphatic rings. The first-order chi connectivity index (χ1) is 9.81. The Morgan fingerprint density at radius 1 is 1.00 bits per heavy atom. The van der Waals surface area contributed by atoms with Crippen LogP contribution in [0.25, 0.3) is 22.6 Å². The number of aliphatic hydroxyl groups excluding tert-OH is 1. The van der Waals surface area contributed by atoms with Crippen LogP contribution in [0.15, 0.2) is 59.1 Å². The van der Waals surface area contributed by atoms with E-state index in [1.54, 1.807) is 18.2 Å². The second-order valence-corrected chi connectivity index (χ2v) is 4.34. The predicted molar refractivity (Wildman–Crippen MR) is 73.3 cm³/mol. The molecule has 0 bridgehead atoms. The van der Waals surface area contributed by atoms with Crippen molar-refractivity contribution in [2.75, 3.05) is 0 Å². The largest absolute Gasteiger partial charge is 0.391 e. The van der Waals surface area contributed by atoms with Crippen molar-refractivity contribution in [2.45, 2.75) is 6.61 Å². The Morgan fingerprint density at radius 3 is 2.40 bits per heavy atom. The molecule has 4 heteroatoms. The van der Waals surface area contributed by atoms with Gasteiger partial charge in [0.25, 0.3) is 0 Å². The maximum Gasteiger partial charge on any atom is 0.173 e. The smallest absolute Gasteiger partial charge is 0.173 e. The van der Waals surface area contributed by atoms with Gasteiger partial charge in [-0.05, 0) is 12.1 Å². The zero-order valence-corrected chi connectivity index (χ0v) is 10.6. The van der Waals surface area contributed by atoms with Crippen molar-refractivity contribution < 1.29 is 14.0 Å². The summed E-state index contributed by atoms with van der Waals surface area (Å²) in [7, 11) is 0. The van der Waals surface area contributed by atoms with Gasteiger partial charge in [0.1, 0.15) is 11.5 Å². The summed E-state index contributed by atoms with van der Waals surface area (Å²) in [5, 5.41) is 13.5. The van der Waals surface area contributed by atoms with Crippen LogP contribution in [0.5, 0.6) is 0 Å². The van der Waals surface area contributed by atoms with E-state index in [0.29, 0.717) is 22.6 Å². The minimum atomic E-state index is -0.393. The standard InChI is InChI=1S/C16H12FNO2/c17-14-9-5-4-8-12(14)15-13(10-19)16(20-18-15)11-6-2-1-3-7-11/h1-9,19H,10H2. The van der Waals surface area contributed by atoms with E-state index in [1.807, 2.05) is 30.3 Å². The lowest BCUT2D eigenvalue weighted by Gasteiger charge is -2.02. The molecule has 1 aromatic heterocycles. The molecule has 0 aliphatic heterocycles. The normalized spacial score (nSPS) is 10.7. The van der Waals surface area contributed by atoms with Gasteiger partial charge in [0.2, 0.25) is 0 Å². The Bertz CT molecular complexity index is 722. The van der Waals surface area contributed by atoms with Crippen molar-refractivity contribution in [3.05, 3.63) is 66.0 Å². The number of rotatable bonds is 3. The molecular weight excluding hydrogens is 257 g/mol. The fourth-order valence-corrected chi connectivity index (χ4v) is 2.14. The average Bonchev–Trinajstić information content (AvgIpc) is 2.92. The molecule has 0 saturated carbocycles. The number of halogens is 1. The van der Waals surface area contributed by atoms with E-state index < -0.39 is 5.82 Å². The topological polar surface area (TPSA) is 46.3 Å². The number of benzene rings is 2. The van der Waals surface area contributed by atoms with Crippen LogP contribution >= 0.6 is 0 Å². The quantitative estimate of drug-likeness (QED) is 0.789. The Morgan fingerprint density at radius 2 is 1.70 bits per heavy atom. The van der Waals surface area contributed by atoms with E-state index in [0.717, 1.165) is 5.56 Å². The number of hydrogen-bond donors (Lipinski definition) is 1. The maximum atomic E-state index is 13.8. The van der Waals surface area contributed by atoms with Gasteiger partial charge in [0, 0.05) is 11.1 Å². The first-order valence-electron chi connectivity index (χ1n) is 6.21. The summed E-state index contributed by atoms with van der Waals surface area (Å²) in [6.07, 6.45) is 0. The van der Waals surface area contributed by atoms with Crippen LogP contribution in [0, 0.1) is 5.82 Å². The van der Waals surface area contributed by atoms with Crippen molar-refractivity contribution in [3.63, 3.8) is 0 Å². The average molecular weight is 269 g/mol. The molecule has 3 nitrogen and oxygen atoms in total. The number of aliphatic hydroxyl groups is 1. The molecule has 1 N–H and O–H groups in total. The highest BCUT2D eigenvalue weighted by atomic mass is 19.1. The number of nitrogens with zero attached hydrogens (tertiary/aromatic N) is 1. The fraction of sp³-hybridized carbons (Fsp3) is 0.0625. The minimum absolute atomic E-state index is 0.266. The van der Waals surface area contributed by atoms with Crippen molar-refractivity contribution in [1.82, 2.24) is 5.16 Å². The third kappa shape index (κ3) is 2.10. The first kappa shape index (κ1) is 12.6. The summed E-state index contributed by atoms with van der Waals surface area (Å²) in [6, 6.07) is 15.6. The second kappa shape index (κ2) is 5.27. The van der Waals surface area contributed by atoms with E-state index in [-0.39, 0.29) is 6.61 Å². The summed E-state index contributed by atoms with van der Waals surface area (Å²) >= 11 is 0. The predicted octanol–water partition coefficient (Wildman–Crippen LogP) is 3.64. The molecule has 0 fully saturated rings. The zero-order valence-electron chi connectivity index (χ0n) is 10.6. The SMILES string of the molecule is OCc1c(-c2ccccc2F)noc1-c1ccccc1. The molecule has 100 valence electrons. The maximum absolute atomic E-state index is 13.8. The summed E-state index contributed by atoms with van der Waals surface area (Å²) in [5.41, 5.74) is 1.94. The van der Waals surface area contributed by atoms with Gasteiger partial charge in [-0.25, -0.2) is 4.39 Å². The molecule has 0 atom stereocenters. The molecule has 0 spiro atoms. The van der Waals surface area contributed by atoms with Crippen LogP contribution < -0.4 is 0 Å². The number of aromatic nitrogens is 1. The lowest BCUT2D eigenvalue weighted by molar-refractivity contribution is 0.281. The zero-order chi connectivity index (χ0) is 13.9. The molecule has 2 aromatic carbocycles. The minimum Gasteiger partial charge on any atom is -0.391 e. The van der Waals surface area contributed by atoms with Gasteiger partial charge in [-0.2, -0.15) is 0 Å². The Labute approximate surface area is 115 Å². The van der Waals surface area contributed by atoms with Gasteiger partial charge < -0.3 is 9.63 Å². The Kier molecular flexibility index (Phi) is 3.31. The van der Waals surface area contributed by atoms with Gasteiger partial charge in [-0.1, -0.05) is 47.6 Å². The Balaban J connectivity index is 2.16. The molecule has 0 radical (unpaired) electrons. The van der Waals surface area contributed by atoms with Gasteiger partial charge in [-0.3, -0.25) is 0 Å². The summed E-state index contributed by atoms with van der Waals surface area (Å²) in [4.78, 5) is 0. The van der Waals surface area contributed by atoms with E-state index in [4.69, 9.17) is 4.52 Å². The van der Waals surface area contributed by atoms with Crippen molar-refractivity contribution in [2.24, 2.45) is 0 Å². The van der Waals surface area contributed by atoms with Gasteiger partial charge in [0.15, 0.2) is 5.76 Å². The third-order valence-electron chi connectivity index (χ3n) is 3.11. The fourth-order valence-electron chi connectivity index (χ4n) is 2.14. The lowest BCUT2D eigenvalue weighted by atomic mass is 10.0. The van der Waals surface area contributed by atoms with E-state index in [9.17, 15) is 9.50 Å². The van der Waals surface area contributed by atoms with Crippen LogP contribution in [-0.2, 0) is 6.61 Å². The third-order valence-corrected chi connectivity index (χ3v) is 3.11. The van der Waals surface area contributed by atoms with E-state index in [1.165, 1.54) is 6.07 Å². The number of hydrogen-bond acceptors (Lipinski definition) is 3. The van der Waals surface area contributed by atoms with Gasteiger partial charge in [-0.15, -0.1) is 0 Å². The molecule has 3 aromatic rings. The molecule has 0 saturated heterocycles. The van der Waals surface area contributed by atoms with Crippen molar-refractivity contribution >= 4 is 0 Å². The highest BCUT2D eigenvalue weighted by Gasteiger charge is 2.19. The van der Waals surface area contributed by atoms with Crippen LogP contribution in [0.1, 0.15) is 5.56 Å². The van der Waals surface area contributed by atoms with Gasteiger partial charge in [0.05, 0.1) is 12.2 Å². The van der Waals surface area contributed by atoms with Crippen molar-refractivity contribution in [1.29, 1.82) is 0 Å². The van der Waals surface area contributed by atoms with Crippen molar-refractivity contribution in [3.8, 4) is 22.6 Å². The molecule has 0 unspecified atom stereocenters. The Hall–Kier alpha value is -2.46. The lowest BCUT2D eigenvalue weighted by Crippen LogP contribution is -1.91. The van der Waals surface area contributed by atoms with Crippen LogP contribution in [-0.4, -0.2) is 10.3 Å². The molecule has 3 rings (SSSR count). The summed E-state index contributed by atoms with van der Waals surface area (Å²) in [5.74, 6) is 0.0708. The molecular formula is C16H12FNO2. The summed E-state index contributed by atoms with van der Waals surface area (Å²) in [6.45, 7) is -0.266. The molecule has 1 heterocycles. The van der Waals surface area contributed by atoms with Crippen LogP contribution in [0.4, 0.5) is 4.39 Å². The second-order valence-electron chi connectivity index (χ2n) is 4.34. The first-order valence-corrected chi connectivity index (χ1v) is 6.21. The van der Waals surface area contributed by atoms with Crippen LogP contribution in [0.2, 0.25) is 0 Å². The summed E-state index contributed by atoms with van der Waals surface area (Å²) < 4.78 is 19.1. The highest BCUT2D eigenvalue weighted by molar-refractivity contribution is 5.72. The monoisotopic (exact) mass is 269 g/mol. The van der Waals surface area contributed by atoms with E-state index in [2.05, 4.69) is 5.16 Å².